The van der Waals surface area contributed by atoms with Crippen molar-refractivity contribution in [1.29, 1.82) is 0 Å². The summed E-state index contributed by atoms with van der Waals surface area (Å²) in [6.07, 6.45) is 0.983. The summed E-state index contributed by atoms with van der Waals surface area (Å²) >= 11 is 0. The standard InChI is InChI=1S/C15H19N3O2/c1-2-20-15-14(18-8-7-11(9-18)10-19)16-12-5-3-4-6-13(12)17-15/h3-6,11,19H,2,7-10H2,1H3/t11-/m0/s1. The molecule has 0 unspecified atom stereocenters. The topological polar surface area (TPSA) is 58.5 Å². The molecule has 106 valence electrons. The van der Waals surface area contributed by atoms with Crippen LogP contribution in [0.15, 0.2) is 24.3 Å². The van der Waals surface area contributed by atoms with Crippen molar-refractivity contribution in [3.05, 3.63) is 24.3 Å². The highest BCUT2D eigenvalue weighted by Crippen LogP contribution is 2.30. The number of aromatic nitrogens is 2. The normalized spacial score (nSPS) is 18.7. The maximum Gasteiger partial charge on any atom is 0.258 e. The number of hydrogen-bond donors (Lipinski definition) is 1. The first-order chi connectivity index (χ1) is 9.81. The molecule has 1 fully saturated rings. The van der Waals surface area contributed by atoms with Crippen LogP contribution in [-0.4, -0.2) is 41.4 Å². The van der Waals surface area contributed by atoms with E-state index in [2.05, 4.69) is 9.88 Å². The monoisotopic (exact) mass is 273 g/mol. The number of aliphatic hydroxyl groups is 1. The van der Waals surface area contributed by atoms with Crippen molar-refractivity contribution < 1.29 is 9.84 Å². The van der Waals surface area contributed by atoms with Gasteiger partial charge in [0.05, 0.1) is 17.6 Å². The zero-order chi connectivity index (χ0) is 13.9. The lowest BCUT2D eigenvalue weighted by Crippen LogP contribution is -2.23. The molecule has 1 aromatic carbocycles. The molecule has 2 aromatic rings. The number of hydrogen-bond acceptors (Lipinski definition) is 5. The second kappa shape index (κ2) is 5.63. The first kappa shape index (κ1) is 13.1. The molecule has 0 radical (unpaired) electrons. The molecule has 0 amide bonds. The van der Waals surface area contributed by atoms with Crippen LogP contribution in [0, 0.1) is 5.92 Å². The van der Waals surface area contributed by atoms with Crippen LogP contribution >= 0.6 is 0 Å². The van der Waals surface area contributed by atoms with Gasteiger partial charge in [0.1, 0.15) is 0 Å². The molecule has 20 heavy (non-hydrogen) atoms. The van der Waals surface area contributed by atoms with Crippen LogP contribution in [0.1, 0.15) is 13.3 Å². The molecule has 0 spiro atoms. The van der Waals surface area contributed by atoms with Crippen LogP contribution in [0.25, 0.3) is 11.0 Å². The maximum absolute atomic E-state index is 9.28. The van der Waals surface area contributed by atoms with Crippen molar-refractivity contribution in [1.82, 2.24) is 9.97 Å². The van der Waals surface area contributed by atoms with Gasteiger partial charge in [-0.3, -0.25) is 0 Å². The molecule has 1 aromatic heterocycles. The molecule has 1 atom stereocenters. The fourth-order valence-electron chi connectivity index (χ4n) is 2.59. The smallest absolute Gasteiger partial charge is 0.258 e. The highest BCUT2D eigenvalue weighted by atomic mass is 16.5. The van der Waals surface area contributed by atoms with Gasteiger partial charge in [-0.25, -0.2) is 9.97 Å². The first-order valence-corrected chi connectivity index (χ1v) is 7.07. The van der Waals surface area contributed by atoms with E-state index in [4.69, 9.17) is 9.72 Å². The molecule has 0 aliphatic carbocycles. The fourth-order valence-corrected chi connectivity index (χ4v) is 2.59. The van der Waals surface area contributed by atoms with Gasteiger partial charge in [-0.05, 0) is 25.5 Å². The molecule has 5 heteroatoms. The van der Waals surface area contributed by atoms with E-state index in [1.807, 2.05) is 31.2 Å². The zero-order valence-corrected chi connectivity index (χ0v) is 11.6. The third kappa shape index (κ3) is 2.41. The molecule has 1 aliphatic rings. The molecule has 0 saturated carbocycles. The Morgan fingerprint density at radius 2 is 2.05 bits per heavy atom. The van der Waals surface area contributed by atoms with E-state index in [0.717, 1.165) is 36.4 Å². The highest BCUT2D eigenvalue weighted by molar-refractivity contribution is 5.77. The molecule has 2 heterocycles. The van der Waals surface area contributed by atoms with Crippen molar-refractivity contribution in [3.8, 4) is 5.88 Å². The first-order valence-electron chi connectivity index (χ1n) is 7.07. The minimum absolute atomic E-state index is 0.224. The summed E-state index contributed by atoms with van der Waals surface area (Å²) in [5.41, 5.74) is 1.72. The van der Waals surface area contributed by atoms with Gasteiger partial charge in [-0.1, -0.05) is 12.1 Å². The van der Waals surface area contributed by atoms with Crippen LogP contribution in [0.4, 0.5) is 5.82 Å². The van der Waals surface area contributed by atoms with Crippen molar-refractivity contribution in [3.63, 3.8) is 0 Å². The molecule has 5 nitrogen and oxygen atoms in total. The Morgan fingerprint density at radius 1 is 1.30 bits per heavy atom. The van der Waals surface area contributed by atoms with Crippen LogP contribution in [-0.2, 0) is 0 Å². The molecule has 1 saturated heterocycles. The Hall–Kier alpha value is -1.88. The average Bonchev–Trinajstić information content (AvgIpc) is 2.95. The van der Waals surface area contributed by atoms with Gasteiger partial charge in [0.15, 0.2) is 5.82 Å². The maximum atomic E-state index is 9.28. The SMILES string of the molecule is CCOc1nc2ccccc2nc1N1CC[C@H](CO)C1. The number of nitrogens with zero attached hydrogens (tertiary/aromatic N) is 3. The van der Waals surface area contributed by atoms with Crippen LogP contribution in [0.5, 0.6) is 5.88 Å². The molecule has 3 rings (SSSR count). The lowest BCUT2D eigenvalue weighted by atomic mass is 10.1. The second-order valence-electron chi connectivity index (χ2n) is 5.06. The Bertz CT molecular complexity index is 603. The van der Waals surface area contributed by atoms with E-state index < -0.39 is 0 Å². The second-order valence-corrected chi connectivity index (χ2v) is 5.06. The Morgan fingerprint density at radius 3 is 2.70 bits per heavy atom. The van der Waals surface area contributed by atoms with Crippen LogP contribution in [0.3, 0.4) is 0 Å². The third-order valence-electron chi connectivity index (χ3n) is 3.65. The predicted molar refractivity (Wildman–Crippen MR) is 78.1 cm³/mol. The lowest BCUT2D eigenvalue weighted by Gasteiger charge is -2.20. The van der Waals surface area contributed by atoms with Crippen molar-refractivity contribution in [2.45, 2.75) is 13.3 Å². The van der Waals surface area contributed by atoms with Crippen molar-refractivity contribution in [2.75, 3.05) is 31.2 Å². The summed E-state index contributed by atoms with van der Waals surface area (Å²) in [5.74, 6) is 1.70. The van der Waals surface area contributed by atoms with E-state index in [0.29, 0.717) is 18.4 Å². The van der Waals surface area contributed by atoms with Gasteiger partial charge in [0, 0.05) is 25.6 Å². The van der Waals surface area contributed by atoms with Gasteiger partial charge in [0.2, 0.25) is 0 Å². The van der Waals surface area contributed by atoms with Gasteiger partial charge in [-0.15, -0.1) is 0 Å². The van der Waals surface area contributed by atoms with E-state index in [1.54, 1.807) is 0 Å². The van der Waals surface area contributed by atoms with Gasteiger partial charge < -0.3 is 14.7 Å². The minimum Gasteiger partial charge on any atom is -0.475 e. The summed E-state index contributed by atoms with van der Waals surface area (Å²) in [6, 6.07) is 7.81. The lowest BCUT2D eigenvalue weighted by molar-refractivity contribution is 0.238. The number of para-hydroxylation sites is 2. The van der Waals surface area contributed by atoms with Gasteiger partial charge in [-0.2, -0.15) is 0 Å². The predicted octanol–water partition coefficient (Wildman–Crippen LogP) is 1.85. The fraction of sp³-hybridized carbons (Fsp3) is 0.467. The molecular weight excluding hydrogens is 254 g/mol. The minimum atomic E-state index is 0.224. The molecule has 0 bridgehead atoms. The number of aliphatic hydroxyl groups excluding tert-OH is 1. The number of benzene rings is 1. The largest absolute Gasteiger partial charge is 0.475 e. The molecular formula is C15H19N3O2. The van der Waals surface area contributed by atoms with Crippen LogP contribution in [0.2, 0.25) is 0 Å². The number of ether oxygens (including phenoxy) is 1. The van der Waals surface area contributed by atoms with E-state index in [1.165, 1.54) is 0 Å². The average molecular weight is 273 g/mol. The van der Waals surface area contributed by atoms with Crippen LogP contribution < -0.4 is 9.64 Å². The van der Waals surface area contributed by atoms with Crippen molar-refractivity contribution >= 4 is 16.9 Å². The van der Waals surface area contributed by atoms with Crippen molar-refractivity contribution in [2.24, 2.45) is 5.92 Å². The third-order valence-corrected chi connectivity index (χ3v) is 3.65. The summed E-state index contributed by atoms with van der Waals surface area (Å²) in [6.45, 7) is 4.43. The van der Waals surface area contributed by atoms with Gasteiger partial charge in [0.25, 0.3) is 5.88 Å². The van der Waals surface area contributed by atoms with E-state index >= 15 is 0 Å². The summed E-state index contributed by atoms with van der Waals surface area (Å²) in [4.78, 5) is 11.4. The van der Waals surface area contributed by atoms with E-state index in [-0.39, 0.29) is 6.61 Å². The number of fused-ring (bicyclic) bond motifs is 1. The Kier molecular flexibility index (Phi) is 3.69. The Labute approximate surface area is 118 Å². The molecule has 1 aliphatic heterocycles. The quantitative estimate of drug-likeness (QED) is 0.921. The van der Waals surface area contributed by atoms with Gasteiger partial charge >= 0.3 is 0 Å². The number of rotatable bonds is 4. The highest BCUT2D eigenvalue weighted by Gasteiger charge is 2.26. The van der Waals surface area contributed by atoms with E-state index in [9.17, 15) is 5.11 Å². The Balaban J connectivity index is 2.01. The zero-order valence-electron chi connectivity index (χ0n) is 11.6. The number of anilines is 1. The molecule has 1 N–H and O–H groups in total. The summed E-state index contributed by atoms with van der Waals surface area (Å²) < 4.78 is 5.65. The summed E-state index contributed by atoms with van der Waals surface area (Å²) in [5, 5.41) is 9.28. The summed E-state index contributed by atoms with van der Waals surface area (Å²) in [7, 11) is 0.